The van der Waals surface area contributed by atoms with Crippen molar-refractivity contribution in [1.82, 2.24) is 15.0 Å². The van der Waals surface area contributed by atoms with Gasteiger partial charge in [0.05, 0.1) is 0 Å². The lowest BCUT2D eigenvalue weighted by molar-refractivity contribution is 0.668. The van der Waals surface area contributed by atoms with Gasteiger partial charge in [-0.15, -0.1) is 0 Å². The maximum atomic E-state index is 6.45. The van der Waals surface area contributed by atoms with E-state index in [1.807, 2.05) is 60.7 Å². The molecule has 10 aromatic rings. The summed E-state index contributed by atoms with van der Waals surface area (Å²) in [6.45, 7) is 0. The average molecular weight is 616 g/mol. The standard InChI is InChI=1S/C43H25N3O2/c1-2-11-27(12-3-1)31-15-8-18-36-39(31)40-34(16-9-19-37(40)48-36)43-45-41(29-21-20-26-10-4-5-13-28(26)24-29)44-42(46-43)30-22-23-33-32-14-6-7-17-35(32)47-38(33)25-30/h1-25H. The van der Waals surface area contributed by atoms with Crippen LogP contribution in [-0.4, -0.2) is 15.0 Å². The fourth-order valence-electron chi connectivity index (χ4n) is 6.86. The van der Waals surface area contributed by atoms with Crippen LogP contribution in [0, 0.1) is 0 Å². The SMILES string of the molecule is c1ccc(-c2cccc3oc4cccc(-c5nc(-c6ccc7ccccc7c6)nc(-c6ccc7c(c6)oc6ccccc67)n5)c4c23)cc1. The molecule has 0 saturated carbocycles. The number of nitrogens with zero attached hydrogens (tertiary/aromatic N) is 3. The van der Waals surface area contributed by atoms with Gasteiger partial charge in [-0.25, -0.2) is 15.0 Å². The van der Waals surface area contributed by atoms with Gasteiger partial charge in [-0.05, 0) is 58.3 Å². The monoisotopic (exact) mass is 615 g/mol. The highest BCUT2D eigenvalue weighted by Crippen LogP contribution is 2.41. The quantitative estimate of drug-likeness (QED) is 0.197. The lowest BCUT2D eigenvalue weighted by Gasteiger charge is -2.10. The van der Waals surface area contributed by atoms with E-state index in [1.54, 1.807) is 0 Å². The molecule has 10 rings (SSSR count). The van der Waals surface area contributed by atoms with Crippen LogP contribution in [0.2, 0.25) is 0 Å². The van der Waals surface area contributed by atoms with Gasteiger partial charge >= 0.3 is 0 Å². The van der Waals surface area contributed by atoms with Crippen molar-refractivity contribution in [3.8, 4) is 45.3 Å². The van der Waals surface area contributed by atoms with Crippen LogP contribution in [0.15, 0.2) is 160 Å². The molecule has 0 radical (unpaired) electrons. The highest BCUT2D eigenvalue weighted by Gasteiger charge is 2.20. The Kier molecular flexibility index (Phi) is 5.81. The van der Waals surface area contributed by atoms with E-state index in [2.05, 4.69) is 91.0 Å². The number of rotatable bonds is 4. The molecule has 5 heteroatoms. The minimum atomic E-state index is 0.568. The molecule has 0 aliphatic heterocycles. The van der Waals surface area contributed by atoms with Crippen molar-refractivity contribution in [3.63, 3.8) is 0 Å². The first-order chi connectivity index (χ1) is 23.8. The predicted octanol–water partition coefficient (Wildman–Crippen LogP) is 11.5. The number of fused-ring (bicyclic) bond motifs is 7. The topological polar surface area (TPSA) is 65.0 Å². The van der Waals surface area contributed by atoms with Gasteiger partial charge in [0.15, 0.2) is 17.5 Å². The van der Waals surface area contributed by atoms with Crippen molar-refractivity contribution in [2.24, 2.45) is 0 Å². The van der Waals surface area contributed by atoms with E-state index in [0.717, 1.165) is 82.5 Å². The molecule has 5 nitrogen and oxygen atoms in total. The zero-order valence-corrected chi connectivity index (χ0v) is 25.6. The zero-order valence-electron chi connectivity index (χ0n) is 25.6. The van der Waals surface area contributed by atoms with Crippen LogP contribution >= 0.6 is 0 Å². The van der Waals surface area contributed by atoms with Crippen LogP contribution in [0.4, 0.5) is 0 Å². The third kappa shape index (κ3) is 4.22. The minimum Gasteiger partial charge on any atom is -0.456 e. The summed E-state index contributed by atoms with van der Waals surface area (Å²) in [5, 5.41) is 6.43. The van der Waals surface area contributed by atoms with Gasteiger partial charge in [-0.3, -0.25) is 0 Å². The predicted molar refractivity (Wildman–Crippen MR) is 194 cm³/mol. The van der Waals surface area contributed by atoms with Crippen LogP contribution in [0.5, 0.6) is 0 Å². The summed E-state index contributed by atoms with van der Waals surface area (Å²) in [5.41, 5.74) is 8.10. The molecule has 3 heterocycles. The van der Waals surface area contributed by atoms with Crippen molar-refractivity contribution in [3.05, 3.63) is 152 Å². The van der Waals surface area contributed by atoms with Gasteiger partial charge in [0.1, 0.15) is 22.3 Å². The van der Waals surface area contributed by atoms with Crippen molar-refractivity contribution < 1.29 is 8.83 Å². The largest absolute Gasteiger partial charge is 0.456 e. The Morgan fingerprint density at radius 2 is 0.917 bits per heavy atom. The third-order valence-corrected chi connectivity index (χ3v) is 9.13. The van der Waals surface area contributed by atoms with Crippen LogP contribution in [-0.2, 0) is 0 Å². The van der Waals surface area contributed by atoms with Crippen molar-refractivity contribution >= 4 is 54.6 Å². The van der Waals surface area contributed by atoms with Crippen LogP contribution in [0.25, 0.3) is 99.9 Å². The Bertz CT molecular complexity index is 2850. The Labute approximate surface area is 274 Å². The molecule has 0 amide bonds. The Morgan fingerprint density at radius 1 is 0.333 bits per heavy atom. The summed E-state index contributed by atoms with van der Waals surface area (Å²) in [6, 6.07) is 51.6. The summed E-state index contributed by atoms with van der Waals surface area (Å²) in [7, 11) is 0. The molecule has 0 aliphatic carbocycles. The molecule has 7 aromatic carbocycles. The summed E-state index contributed by atoms with van der Waals surface area (Å²) in [4.78, 5) is 15.4. The Morgan fingerprint density at radius 3 is 1.75 bits per heavy atom. The molecule has 0 aliphatic rings. The van der Waals surface area contributed by atoms with E-state index < -0.39 is 0 Å². The average Bonchev–Trinajstić information content (AvgIpc) is 3.73. The summed E-state index contributed by atoms with van der Waals surface area (Å²) >= 11 is 0. The van der Waals surface area contributed by atoms with Crippen molar-refractivity contribution in [2.75, 3.05) is 0 Å². The Balaban J connectivity index is 1.24. The summed E-state index contributed by atoms with van der Waals surface area (Å²) in [5.74, 6) is 1.74. The third-order valence-electron chi connectivity index (χ3n) is 9.13. The highest BCUT2D eigenvalue weighted by molar-refractivity contribution is 6.17. The maximum absolute atomic E-state index is 6.45. The van der Waals surface area contributed by atoms with Gasteiger partial charge in [-0.2, -0.15) is 0 Å². The van der Waals surface area contributed by atoms with Gasteiger partial charge in [0, 0.05) is 38.2 Å². The molecule has 0 unspecified atom stereocenters. The fourth-order valence-corrected chi connectivity index (χ4v) is 6.86. The van der Waals surface area contributed by atoms with Crippen molar-refractivity contribution in [1.29, 1.82) is 0 Å². The molecule has 0 N–H and O–H groups in total. The molecule has 0 spiro atoms. The maximum Gasteiger partial charge on any atom is 0.164 e. The second-order valence-electron chi connectivity index (χ2n) is 12.0. The minimum absolute atomic E-state index is 0.568. The van der Waals surface area contributed by atoms with Crippen molar-refractivity contribution in [2.45, 2.75) is 0 Å². The molecular weight excluding hydrogens is 590 g/mol. The normalized spacial score (nSPS) is 11.8. The van der Waals surface area contributed by atoms with Gasteiger partial charge < -0.3 is 8.83 Å². The van der Waals surface area contributed by atoms with E-state index in [9.17, 15) is 0 Å². The number of furan rings is 2. The lowest BCUT2D eigenvalue weighted by Crippen LogP contribution is -2.00. The molecule has 0 fully saturated rings. The van der Waals surface area contributed by atoms with E-state index >= 15 is 0 Å². The fraction of sp³-hybridized carbons (Fsp3) is 0. The van der Waals surface area contributed by atoms with Crippen LogP contribution in [0.3, 0.4) is 0 Å². The number of para-hydroxylation sites is 1. The molecule has 0 saturated heterocycles. The van der Waals surface area contributed by atoms with E-state index in [-0.39, 0.29) is 0 Å². The molecule has 0 atom stereocenters. The second-order valence-corrected chi connectivity index (χ2v) is 12.0. The highest BCUT2D eigenvalue weighted by atomic mass is 16.3. The molecule has 3 aromatic heterocycles. The molecular formula is C43H25N3O2. The van der Waals surface area contributed by atoms with Gasteiger partial charge in [0.2, 0.25) is 0 Å². The summed E-state index contributed by atoms with van der Waals surface area (Å²) < 4.78 is 12.7. The van der Waals surface area contributed by atoms with Crippen LogP contribution < -0.4 is 0 Å². The van der Waals surface area contributed by atoms with Gasteiger partial charge in [0.25, 0.3) is 0 Å². The van der Waals surface area contributed by atoms with E-state index in [0.29, 0.717) is 17.5 Å². The first-order valence-electron chi connectivity index (χ1n) is 15.9. The molecule has 224 valence electrons. The number of aromatic nitrogens is 3. The number of hydrogen-bond acceptors (Lipinski definition) is 5. The van der Waals surface area contributed by atoms with E-state index in [4.69, 9.17) is 23.8 Å². The Hall–Kier alpha value is -6.59. The second kappa shape index (κ2) is 10.5. The lowest BCUT2D eigenvalue weighted by atomic mass is 9.97. The number of hydrogen-bond donors (Lipinski definition) is 0. The van der Waals surface area contributed by atoms with Gasteiger partial charge in [-0.1, -0.05) is 115 Å². The molecule has 0 bridgehead atoms. The van der Waals surface area contributed by atoms with E-state index in [1.165, 1.54) is 0 Å². The van der Waals surface area contributed by atoms with Crippen LogP contribution in [0.1, 0.15) is 0 Å². The first kappa shape index (κ1) is 26.6. The summed E-state index contributed by atoms with van der Waals surface area (Å²) in [6.07, 6.45) is 0. The molecule has 48 heavy (non-hydrogen) atoms. The zero-order chi connectivity index (χ0) is 31.6. The first-order valence-corrected chi connectivity index (χ1v) is 15.9. The smallest absolute Gasteiger partial charge is 0.164 e. The number of benzene rings is 7.